The summed E-state index contributed by atoms with van der Waals surface area (Å²) in [6, 6.07) is 5.65. The van der Waals surface area contributed by atoms with Gasteiger partial charge in [-0.25, -0.2) is 8.42 Å². The van der Waals surface area contributed by atoms with Crippen molar-refractivity contribution < 1.29 is 23.1 Å². The van der Waals surface area contributed by atoms with Crippen LogP contribution in [0.3, 0.4) is 0 Å². The number of carboxylic acids is 1. The number of carbonyl (C=O) groups is 2. The van der Waals surface area contributed by atoms with Gasteiger partial charge in [0, 0.05) is 19.2 Å². The van der Waals surface area contributed by atoms with Crippen LogP contribution in [0.25, 0.3) is 0 Å². The lowest BCUT2D eigenvalue weighted by Crippen LogP contribution is -2.41. The summed E-state index contributed by atoms with van der Waals surface area (Å²) in [7, 11) is -2.16. The number of likely N-dealkylation sites (N-methyl/N-ethyl adjacent to an activating group) is 1. The molecular weight excluding hydrogens is 370 g/mol. The summed E-state index contributed by atoms with van der Waals surface area (Å²) >= 11 is 0. The second kappa shape index (κ2) is 8.08. The zero-order valence-electron chi connectivity index (χ0n) is 15.8. The number of carbonyl (C=O) groups excluding carboxylic acids is 1. The Morgan fingerprint density at radius 2 is 1.85 bits per heavy atom. The summed E-state index contributed by atoms with van der Waals surface area (Å²) in [5, 5.41) is 9.05. The molecule has 9 heteroatoms. The summed E-state index contributed by atoms with van der Waals surface area (Å²) in [4.78, 5) is 29.8. The van der Waals surface area contributed by atoms with Crippen molar-refractivity contribution in [1.82, 2.24) is 9.62 Å². The van der Waals surface area contributed by atoms with Crippen LogP contribution >= 0.6 is 0 Å². The largest absolute Gasteiger partial charge is 0.481 e. The van der Waals surface area contributed by atoms with Crippen LogP contribution in [0.1, 0.15) is 32.8 Å². The SMILES string of the molecule is CC(C)CC(N=C1NS(=O)(=O)c2ccccc21)C(=O)N(C)CC(C)C(=O)O. The highest BCUT2D eigenvalue weighted by molar-refractivity contribution is 7.90. The Morgan fingerprint density at radius 3 is 2.44 bits per heavy atom. The molecule has 0 saturated heterocycles. The monoisotopic (exact) mass is 395 g/mol. The lowest BCUT2D eigenvalue weighted by atomic mass is 10.0. The van der Waals surface area contributed by atoms with Gasteiger partial charge in [0.05, 0.1) is 10.8 Å². The van der Waals surface area contributed by atoms with Gasteiger partial charge in [-0.05, 0) is 24.5 Å². The van der Waals surface area contributed by atoms with Crippen LogP contribution in [-0.4, -0.2) is 55.8 Å². The normalized spacial score (nSPS) is 18.6. The van der Waals surface area contributed by atoms with E-state index in [-0.39, 0.29) is 29.1 Å². The summed E-state index contributed by atoms with van der Waals surface area (Å²) < 4.78 is 26.9. The number of fused-ring (bicyclic) bond motifs is 1. The third-order valence-electron chi connectivity index (χ3n) is 4.27. The summed E-state index contributed by atoms with van der Waals surface area (Å²) in [6.07, 6.45) is 0.415. The maximum atomic E-state index is 12.8. The van der Waals surface area contributed by atoms with Crippen LogP contribution < -0.4 is 4.72 Å². The van der Waals surface area contributed by atoms with Crippen LogP contribution in [0.15, 0.2) is 34.2 Å². The fraction of sp³-hybridized carbons (Fsp3) is 0.500. The second-order valence-corrected chi connectivity index (χ2v) is 8.83. The molecule has 27 heavy (non-hydrogen) atoms. The van der Waals surface area contributed by atoms with E-state index in [0.717, 1.165) is 0 Å². The van der Waals surface area contributed by atoms with E-state index in [2.05, 4.69) is 9.71 Å². The van der Waals surface area contributed by atoms with Gasteiger partial charge in [-0.3, -0.25) is 19.3 Å². The van der Waals surface area contributed by atoms with E-state index in [0.29, 0.717) is 12.0 Å². The topological polar surface area (TPSA) is 116 Å². The molecule has 0 bridgehead atoms. The number of nitrogens with zero attached hydrogens (tertiary/aromatic N) is 2. The number of amidine groups is 1. The molecule has 8 nitrogen and oxygen atoms in total. The van der Waals surface area contributed by atoms with Gasteiger partial charge in [0.1, 0.15) is 11.9 Å². The third kappa shape index (κ3) is 4.85. The van der Waals surface area contributed by atoms with Crippen LogP contribution in [0.2, 0.25) is 0 Å². The minimum atomic E-state index is -3.69. The average molecular weight is 395 g/mol. The summed E-state index contributed by atoms with van der Waals surface area (Å²) in [5.74, 6) is -1.75. The first kappa shape index (κ1) is 20.9. The Bertz CT molecular complexity index is 864. The molecule has 0 aromatic heterocycles. The quantitative estimate of drug-likeness (QED) is 0.722. The van der Waals surface area contributed by atoms with Crippen molar-refractivity contribution in [2.75, 3.05) is 13.6 Å². The number of carboxylic acid groups (broad SMARTS) is 1. The molecule has 148 valence electrons. The number of hydrogen-bond acceptors (Lipinski definition) is 5. The highest BCUT2D eigenvalue weighted by Gasteiger charge is 2.33. The van der Waals surface area contributed by atoms with Crippen molar-refractivity contribution >= 4 is 27.7 Å². The maximum Gasteiger partial charge on any atom is 0.308 e. The van der Waals surface area contributed by atoms with Crippen molar-refractivity contribution in [2.45, 2.75) is 38.1 Å². The number of rotatable bonds is 7. The average Bonchev–Trinajstić information content (AvgIpc) is 2.84. The second-order valence-electron chi connectivity index (χ2n) is 7.18. The molecule has 1 amide bonds. The van der Waals surface area contributed by atoms with E-state index in [4.69, 9.17) is 5.11 Å². The van der Waals surface area contributed by atoms with Crippen LogP contribution in [0, 0.1) is 11.8 Å². The Morgan fingerprint density at radius 1 is 1.22 bits per heavy atom. The van der Waals surface area contributed by atoms with Crippen molar-refractivity contribution in [2.24, 2.45) is 16.8 Å². The standard InChI is InChI=1S/C18H25N3O5S/c1-11(2)9-14(17(22)21(4)10-12(3)18(23)24)19-16-13-7-5-6-8-15(13)27(25,26)20-16/h5-8,11-12,14H,9-10H2,1-4H3,(H,19,20)(H,23,24). The van der Waals surface area contributed by atoms with Gasteiger partial charge < -0.3 is 10.0 Å². The highest BCUT2D eigenvalue weighted by atomic mass is 32.2. The number of aliphatic carboxylic acids is 1. The molecule has 2 atom stereocenters. The molecule has 0 radical (unpaired) electrons. The number of benzene rings is 1. The molecule has 1 aromatic rings. The molecule has 0 saturated carbocycles. The third-order valence-corrected chi connectivity index (χ3v) is 5.67. The van der Waals surface area contributed by atoms with Crippen molar-refractivity contribution in [3.63, 3.8) is 0 Å². The van der Waals surface area contributed by atoms with Crippen LogP contribution in [-0.2, 0) is 19.6 Å². The molecule has 0 aliphatic carbocycles. The highest BCUT2D eigenvalue weighted by Crippen LogP contribution is 2.23. The molecule has 0 fully saturated rings. The van der Waals surface area contributed by atoms with Gasteiger partial charge in [0.25, 0.3) is 10.0 Å². The zero-order valence-corrected chi connectivity index (χ0v) is 16.7. The first-order valence-corrected chi connectivity index (χ1v) is 10.2. The lowest BCUT2D eigenvalue weighted by molar-refractivity contribution is -0.142. The fourth-order valence-electron chi connectivity index (χ4n) is 2.87. The fourth-order valence-corrected chi connectivity index (χ4v) is 4.11. The number of aliphatic imine (C=N–C) groups is 1. The van der Waals surface area contributed by atoms with E-state index in [1.165, 1.54) is 24.9 Å². The molecule has 1 heterocycles. The molecule has 2 N–H and O–H groups in total. The van der Waals surface area contributed by atoms with Gasteiger partial charge in [-0.1, -0.05) is 32.9 Å². The lowest BCUT2D eigenvalue weighted by Gasteiger charge is -2.24. The molecule has 1 aromatic carbocycles. The minimum absolute atomic E-state index is 0.0515. The number of hydrogen-bond donors (Lipinski definition) is 2. The van der Waals surface area contributed by atoms with Crippen molar-refractivity contribution in [3.05, 3.63) is 29.8 Å². The minimum Gasteiger partial charge on any atom is -0.481 e. The van der Waals surface area contributed by atoms with Gasteiger partial charge in [0.2, 0.25) is 5.91 Å². The van der Waals surface area contributed by atoms with Crippen molar-refractivity contribution in [3.8, 4) is 0 Å². The Balaban J connectivity index is 2.34. The molecule has 1 aliphatic rings. The molecular formula is C18H25N3O5S. The molecule has 2 rings (SSSR count). The smallest absolute Gasteiger partial charge is 0.308 e. The maximum absolute atomic E-state index is 12.8. The molecule has 2 unspecified atom stereocenters. The Hall–Kier alpha value is -2.42. The van der Waals surface area contributed by atoms with E-state index in [1.807, 2.05) is 13.8 Å². The Labute approximate surface area is 159 Å². The first-order valence-electron chi connectivity index (χ1n) is 8.70. The first-order chi connectivity index (χ1) is 12.5. The zero-order chi connectivity index (χ0) is 20.4. The van der Waals surface area contributed by atoms with E-state index >= 15 is 0 Å². The molecule has 0 spiro atoms. The van der Waals surface area contributed by atoms with Crippen molar-refractivity contribution in [1.29, 1.82) is 0 Å². The van der Waals surface area contributed by atoms with Gasteiger partial charge in [0.15, 0.2) is 0 Å². The van der Waals surface area contributed by atoms with E-state index < -0.39 is 28.0 Å². The van der Waals surface area contributed by atoms with Gasteiger partial charge >= 0.3 is 5.97 Å². The number of amides is 1. The van der Waals surface area contributed by atoms with Gasteiger partial charge in [-0.2, -0.15) is 0 Å². The summed E-state index contributed by atoms with van der Waals surface area (Å²) in [6.45, 7) is 5.45. The number of sulfonamides is 1. The van der Waals surface area contributed by atoms with E-state index in [1.54, 1.807) is 18.2 Å². The van der Waals surface area contributed by atoms with Crippen LogP contribution in [0.4, 0.5) is 0 Å². The molecule has 1 aliphatic heterocycles. The van der Waals surface area contributed by atoms with Gasteiger partial charge in [-0.15, -0.1) is 0 Å². The predicted octanol–water partition coefficient (Wildman–Crippen LogP) is 1.32. The van der Waals surface area contributed by atoms with Crippen LogP contribution in [0.5, 0.6) is 0 Å². The van der Waals surface area contributed by atoms with E-state index in [9.17, 15) is 18.0 Å². The summed E-state index contributed by atoms with van der Waals surface area (Å²) in [5.41, 5.74) is 0.431. The number of nitrogens with one attached hydrogen (secondary N) is 1. The predicted molar refractivity (Wildman–Crippen MR) is 101 cm³/mol. The Kier molecular flexibility index (Phi) is 6.25.